The standard InChI is InChI=1S/C19H26O5S/c1-3-8-17-18(25(21,22)16-10-6-5-7-11-16)13-12-15(24-17)14-23-19(20)9-4-2/h5-7,10-11,15H,3-4,8-9,12-14H2,1-2H3/t15-/m1/s1. The largest absolute Gasteiger partial charge is 0.490 e. The number of carbonyl (C=O) groups excluding carboxylic acids is 1. The van der Waals surface area contributed by atoms with Crippen LogP contribution in [0.3, 0.4) is 0 Å². The summed E-state index contributed by atoms with van der Waals surface area (Å²) in [5, 5.41) is 0. The van der Waals surface area contributed by atoms with Gasteiger partial charge in [-0.2, -0.15) is 0 Å². The van der Waals surface area contributed by atoms with Crippen molar-refractivity contribution in [2.45, 2.75) is 63.4 Å². The number of ether oxygens (including phenoxy) is 2. The summed E-state index contributed by atoms with van der Waals surface area (Å²) < 4.78 is 36.9. The van der Waals surface area contributed by atoms with Gasteiger partial charge in [0.1, 0.15) is 18.5 Å². The third-order valence-corrected chi connectivity index (χ3v) is 6.03. The lowest BCUT2D eigenvalue weighted by molar-refractivity contribution is -0.147. The van der Waals surface area contributed by atoms with Gasteiger partial charge in [0.05, 0.1) is 9.80 Å². The average molecular weight is 366 g/mol. The predicted octanol–water partition coefficient (Wildman–Crippen LogP) is 3.99. The highest BCUT2D eigenvalue weighted by Crippen LogP contribution is 2.34. The number of carbonyl (C=O) groups is 1. The van der Waals surface area contributed by atoms with Crippen molar-refractivity contribution in [1.82, 2.24) is 0 Å². The van der Waals surface area contributed by atoms with E-state index in [0.717, 1.165) is 12.8 Å². The molecule has 1 aromatic carbocycles. The van der Waals surface area contributed by atoms with Crippen LogP contribution in [-0.2, 0) is 24.1 Å². The highest BCUT2D eigenvalue weighted by molar-refractivity contribution is 7.95. The summed E-state index contributed by atoms with van der Waals surface area (Å²) >= 11 is 0. The lowest BCUT2D eigenvalue weighted by atomic mass is 10.1. The molecule has 0 saturated heterocycles. The molecule has 1 atom stereocenters. The number of sulfone groups is 1. The van der Waals surface area contributed by atoms with Crippen LogP contribution in [0.1, 0.15) is 52.4 Å². The van der Waals surface area contributed by atoms with Gasteiger partial charge in [-0.15, -0.1) is 0 Å². The van der Waals surface area contributed by atoms with Crippen LogP contribution in [0.15, 0.2) is 45.9 Å². The molecule has 0 amide bonds. The average Bonchev–Trinajstić information content (AvgIpc) is 2.61. The molecule has 0 N–H and O–H groups in total. The summed E-state index contributed by atoms with van der Waals surface area (Å²) in [5.74, 6) is 0.268. The maximum Gasteiger partial charge on any atom is 0.305 e. The minimum atomic E-state index is -3.55. The third-order valence-electron chi connectivity index (χ3n) is 4.05. The van der Waals surface area contributed by atoms with Crippen LogP contribution in [0.4, 0.5) is 0 Å². The zero-order chi connectivity index (χ0) is 18.3. The van der Waals surface area contributed by atoms with Gasteiger partial charge < -0.3 is 9.47 Å². The molecular formula is C19H26O5S. The minimum Gasteiger partial charge on any atom is -0.490 e. The van der Waals surface area contributed by atoms with Gasteiger partial charge >= 0.3 is 5.97 Å². The number of benzene rings is 1. The quantitative estimate of drug-likeness (QED) is 0.651. The first-order valence-corrected chi connectivity index (χ1v) is 10.3. The van der Waals surface area contributed by atoms with E-state index in [1.165, 1.54) is 0 Å². The molecule has 5 nitrogen and oxygen atoms in total. The van der Waals surface area contributed by atoms with E-state index in [2.05, 4.69) is 0 Å². The fraction of sp³-hybridized carbons (Fsp3) is 0.526. The third kappa shape index (κ3) is 5.08. The van der Waals surface area contributed by atoms with Crippen LogP contribution < -0.4 is 0 Å². The Morgan fingerprint density at radius 2 is 1.92 bits per heavy atom. The Kier molecular flexibility index (Phi) is 7.05. The topological polar surface area (TPSA) is 69.7 Å². The van der Waals surface area contributed by atoms with Gasteiger partial charge in [-0.05, 0) is 37.8 Å². The van der Waals surface area contributed by atoms with E-state index in [1.807, 2.05) is 13.8 Å². The number of rotatable bonds is 8. The van der Waals surface area contributed by atoms with Crippen LogP contribution in [0.25, 0.3) is 0 Å². The lowest BCUT2D eigenvalue weighted by Gasteiger charge is -2.28. The first kappa shape index (κ1) is 19.5. The maximum absolute atomic E-state index is 12.9. The molecule has 0 bridgehead atoms. The summed E-state index contributed by atoms with van der Waals surface area (Å²) in [6.07, 6.45) is 3.11. The Morgan fingerprint density at radius 1 is 1.20 bits per heavy atom. The van der Waals surface area contributed by atoms with Gasteiger partial charge in [-0.3, -0.25) is 4.79 Å². The summed E-state index contributed by atoms with van der Waals surface area (Å²) in [6, 6.07) is 8.42. The molecule has 1 aliphatic heterocycles. The van der Waals surface area contributed by atoms with Crippen molar-refractivity contribution < 1.29 is 22.7 Å². The molecule has 0 aromatic heterocycles. The van der Waals surface area contributed by atoms with Gasteiger partial charge in [0.2, 0.25) is 9.84 Å². The summed E-state index contributed by atoms with van der Waals surface area (Å²) in [4.78, 5) is 12.2. The van der Waals surface area contributed by atoms with Gasteiger partial charge in [-0.1, -0.05) is 32.0 Å². The molecule has 0 aliphatic carbocycles. The van der Waals surface area contributed by atoms with Crippen molar-refractivity contribution in [1.29, 1.82) is 0 Å². The van der Waals surface area contributed by atoms with E-state index in [0.29, 0.717) is 36.3 Å². The highest BCUT2D eigenvalue weighted by atomic mass is 32.2. The van der Waals surface area contributed by atoms with E-state index in [4.69, 9.17) is 9.47 Å². The van der Waals surface area contributed by atoms with Crippen LogP contribution >= 0.6 is 0 Å². The van der Waals surface area contributed by atoms with Crippen LogP contribution in [0.2, 0.25) is 0 Å². The number of hydrogen-bond donors (Lipinski definition) is 0. The molecule has 0 fully saturated rings. The number of esters is 1. The Bertz CT molecular complexity index is 707. The first-order valence-electron chi connectivity index (χ1n) is 8.83. The van der Waals surface area contributed by atoms with E-state index in [-0.39, 0.29) is 23.6 Å². The number of allylic oxidation sites excluding steroid dienone is 2. The fourth-order valence-electron chi connectivity index (χ4n) is 2.79. The van der Waals surface area contributed by atoms with Gasteiger partial charge in [0.15, 0.2) is 0 Å². The second-order valence-electron chi connectivity index (χ2n) is 6.12. The van der Waals surface area contributed by atoms with E-state index < -0.39 is 9.84 Å². The smallest absolute Gasteiger partial charge is 0.305 e. The maximum atomic E-state index is 12.9. The van der Waals surface area contributed by atoms with Crippen molar-refractivity contribution in [3.05, 3.63) is 41.0 Å². The number of hydrogen-bond acceptors (Lipinski definition) is 5. The van der Waals surface area contributed by atoms with Crippen molar-refractivity contribution in [3.8, 4) is 0 Å². The molecule has 6 heteroatoms. The van der Waals surface area contributed by atoms with Gasteiger partial charge in [-0.25, -0.2) is 8.42 Å². The summed E-state index contributed by atoms with van der Waals surface area (Å²) in [6.45, 7) is 4.07. The normalized spacial score (nSPS) is 17.9. The van der Waals surface area contributed by atoms with Crippen molar-refractivity contribution in [2.24, 2.45) is 0 Å². The summed E-state index contributed by atoms with van der Waals surface area (Å²) in [7, 11) is -3.55. The second-order valence-corrected chi connectivity index (χ2v) is 8.10. The highest BCUT2D eigenvalue weighted by Gasteiger charge is 2.31. The first-order chi connectivity index (χ1) is 12.0. The molecule has 1 aromatic rings. The van der Waals surface area contributed by atoms with E-state index in [1.54, 1.807) is 30.3 Å². The minimum absolute atomic E-state index is 0.171. The molecule has 0 spiro atoms. The van der Waals surface area contributed by atoms with Crippen LogP contribution in [0.5, 0.6) is 0 Å². The van der Waals surface area contributed by atoms with Crippen LogP contribution in [-0.4, -0.2) is 27.1 Å². The lowest BCUT2D eigenvalue weighted by Crippen LogP contribution is -2.27. The Hall–Kier alpha value is -1.82. The van der Waals surface area contributed by atoms with E-state index >= 15 is 0 Å². The zero-order valence-corrected chi connectivity index (χ0v) is 15.7. The second kappa shape index (κ2) is 9.04. The molecular weight excluding hydrogens is 340 g/mol. The molecule has 1 aliphatic rings. The predicted molar refractivity (Wildman–Crippen MR) is 95.5 cm³/mol. The summed E-state index contributed by atoms with van der Waals surface area (Å²) in [5.41, 5.74) is 0. The zero-order valence-electron chi connectivity index (χ0n) is 14.9. The Morgan fingerprint density at radius 3 is 2.56 bits per heavy atom. The fourth-order valence-corrected chi connectivity index (χ4v) is 4.42. The van der Waals surface area contributed by atoms with Crippen molar-refractivity contribution >= 4 is 15.8 Å². The molecule has 0 saturated carbocycles. The van der Waals surface area contributed by atoms with Crippen molar-refractivity contribution in [3.63, 3.8) is 0 Å². The molecule has 0 unspecified atom stereocenters. The molecule has 0 radical (unpaired) electrons. The molecule has 25 heavy (non-hydrogen) atoms. The van der Waals surface area contributed by atoms with Gasteiger partial charge in [0, 0.05) is 12.8 Å². The molecule has 2 rings (SSSR count). The van der Waals surface area contributed by atoms with Crippen molar-refractivity contribution in [2.75, 3.05) is 6.61 Å². The Balaban J connectivity index is 2.17. The monoisotopic (exact) mass is 366 g/mol. The Labute approximate surface area is 149 Å². The SMILES string of the molecule is CCCC(=O)OC[C@H]1CCC(S(=O)(=O)c2ccccc2)=C(CCC)O1. The molecule has 1 heterocycles. The molecule has 138 valence electrons. The van der Waals surface area contributed by atoms with E-state index in [9.17, 15) is 13.2 Å². The van der Waals surface area contributed by atoms with Crippen LogP contribution in [0, 0.1) is 0 Å². The van der Waals surface area contributed by atoms with Gasteiger partial charge in [0.25, 0.3) is 0 Å².